The fourth-order valence-electron chi connectivity index (χ4n) is 3.81. The molecule has 0 spiro atoms. The molecule has 1 amide bonds. The number of rotatable bonds is 4. The Bertz CT molecular complexity index is 874. The van der Waals surface area contributed by atoms with Gasteiger partial charge in [-0.3, -0.25) is 4.79 Å². The second-order valence-electron chi connectivity index (χ2n) is 6.88. The first-order valence-electron chi connectivity index (χ1n) is 8.93. The molecule has 0 atom stereocenters. The second-order valence-corrected chi connectivity index (χ2v) is 6.88. The largest absolute Gasteiger partial charge is 0.573 e. The van der Waals surface area contributed by atoms with Gasteiger partial charge in [-0.15, -0.1) is 13.2 Å². The van der Waals surface area contributed by atoms with Crippen LogP contribution in [-0.4, -0.2) is 19.1 Å². The van der Waals surface area contributed by atoms with Gasteiger partial charge in [0.1, 0.15) is 5.75 Å². The molecule has 0 radical (unpaired) electrons. The van der Waals surface area contributed by atoms with E-state index in [0.717, 1.165) is 18.4 Å². The molecule has 2 aromatic carbocycles. The Kier molecular flexibility index (Phi) is 4.56. The number of fused-ring (bicyclic) bond motifs is 1. The maximum Gasteiger partial charge on any atom is 0.573 e. The standard InChI is InChI=1S/C20H18F3NO4/c21-20(22,23)28-15-6-4-14(5-7-15)24-18(25)19(9-1-2-10-19)13-3-8-16-17(11-13)27-12-26-16/h3-8,11H,1-2,9-10,12H2,(H,24,25). The molecule has 1 aliphatic heterocycles. The van der Waals surface area contributed by atoms with Crippen LogP contribution in [0.2, 0.25) is 0 Å². The van der Waals surface area contributed by atoms with E-state index >= 15 is 0 Å². The van der Waals surface area contributed by atoms with Crippen molar-refractivity contribution in [1.29, 1.82) is 0 Å². The molecule has 0 unspecified atom stereocenters. The van der Waals surface area contributed by atoms with Crippen LogP contribution in [0.3, 0.4) is 0 Å². The van der Waals surface area contributed by atoms with Gasteiger partial charge in [-0.25, -0.2) is 0 Å². The summed E-state index contributed by atoms with van der Waals surface area (Å²) in [5.74, 6) is 0.744. The van der Waals surface area contributed by atoms with E-state index in [9.17, 15) is 18.0 Å². The molecular formula is C20H18F3NO4. The predicted molar refractivity (Wildman–Crippen MR) is 94.5 cm³/mol. The number of hydrogen-bond donors (Lipinski definition) is 1. The van der Waals surface area contributed by atoms with E-state index in [1.807, 2.05) is 12.1 Å². The summed E-state index contributed by atoms with van der Waals surface area (Å²) in [5.41, 5.74) is 0.553. The van der Waals surface area contributed by atoms with Crippen molar-refractivity contribution in [1.82, 2.24) is 0 Å². The number of amides is 1. The molecule has 2 aromatic rings. The van der Waals surface area contributed by atoms with Gasteiger partial charge in [-0.2, -0.15) is 0 Å². The topological polar surface area (TPSA) is 56.8 Å². The lowest BCUT2D eigenvalue weighted by Crippen LogP contribution is -2.38. The van der Waals surface area contributed by atoms with E-state index in [4.69, 9.17) is 9.47 Å². The van der Waals surface area contributed by atoms with E-state index in [1.165, 1.54) is 24.3 Å². The Morgan fingerprint density at radius 2 is 1.68 bits per heavy atom. The average Bonchev–Trinajstić information content (AvgIpc) is 3.31. The molecule has 1 fully saturated rings. The van der Waals surface area contributed by atoms with Crippen molar-refractivity contribution in [2.45, 2.75) is 37.5 Å². The molecule has 4 rings (SSSR count). The van der Waals surface area contributed by atoms with Gasteiger partial charge >= 0.3 is 6.36 Å². The van der Waals surface area contributed by atoms with Crippen LogP contribution in [0.4, 0.5) is 18.9 Å². The van der Waals surface area contributed by atoms with Gasteiger partial charge in [0.15, 0.2) is 11.5 Å². The number of hydrogen-bond acceptors (Lipinski definition) is 4. The zero-order chi connectivity index (χ0) is 19.8. The molecule has 1 heterocycles. The molecule has 1 N–H and O–H groups in total. The number of anilines is 1. The SMILES string of the molecule is O=C(Nc1ccc(OC(F)(F)F)cc1)C1(c2ccc3c(c2)OCO3)CCCC1. The van der Waals surface area contributed by atoms with Crippen molar-refractivity contribution >= 4 is 11.6 Å². The van der Waals surface area contributed by atoms with E-state index in [0.29, 0.717) is 30.0 Å². The summed E-state index contributed by atoms with van der Waals surface area (Å²) in [7, 11) is 0. The van der Waals surface area contributed by atoms with Crippen LogP contribution in [0.1, 0.15) is 31.2 Å². The lowest BCUT2D eigenvalue weighted by Gasteiger charge is -2.28. The Balaban J connectivity index is 1.54. The van der Waals surface area contributed by atoms with Gasteiger partial charge in [0.05, 0.1) is 5.41 Å². The molecule has 5 nitrogen and oxygen atoms in total. The van der Waals surface area contributed by atoms with Crippen LogP contribution in [0.15, 0.2) is 42.5 Å². The maximum absolute atomic E-state index is 13.2. The van der Waals surface area contributed by atoms with Gasteiger partial charge < -0.3 is 19.5 Å². The number of ether oxygens (including phenoxy) is 3. The molecular weight excluding hydrogens is 375 g/mol. The van der Waals surface area contributed by atoms with E-state index in [2.05, 4.69) is 10.1 Å². The molecule has 0 aromatic heterocycles. The molecule has 0 bridgehead atoms. The average molecular weight is 393 g/mol. The predicted octanol–water partition coefficient (Wildman–Crippen LogP) is 4.76. The number of alkyl halides is 3. The molecule has 1 aliphatic carbocycles. The summed E-state index contributed by atoms with van der Waals surface area (Å²) < 4.78 is 51.5. The number of carbonyl (C=O) groups excluding carboxylic acids is 1. The first-order chi connectivity index (χ1) is 13.4. The van der Waals surface area contributed by atoms with Gasteiger partial charge in [-0.05, 0) is 54.8 Å². The van der Waals surface area contributed by atoms with Crippen molar-refractivity contribution in [3.8, 4) is 17.2 Å². The fourth-order valence-corrected chi connectivity index (χ4v) is 3.81. The summed E-state index contributed by atoms with van der Waals surface area (Å²) in [6, 6.07) is 10.6. The quantitative estimate of drug-likeness (QED) is 0.814. The Morgan fingerprint density at radius 3 is 2.36 bits per heavy atom. The summed E-state index contributed by atoms with van der Waals surface area (Å²) in [4.78, 5) is 13.2. The third-order valence-electron chi connectivity index (χ3n) is 5.16. The number of nitrogens with one attached hydrogen (secondary N) is 1. The number of carbonyl (C=O) groups is 1. The Labute approximate surface area is 159 Å². The minimum Gasteiger partial charge on any atom is -0.454 e. The first-order valence-corrected chi connectivity index (χ1v) is 8.93. The third-order valence-corrected chi connectivity index (χ3v) is 5.16. The third kappa shape index (κ3) is 3.58. The van der Waals surface area contributed by atoms with Crippen molar-refractivity contribution < 1.29 is 32.2 Å². The summed E-state index contributed by atoms with van der Waals surface area (Å²) >= 11 is 0. The normalized spacial score (nSPS) is 17.4. The minimum atomic E-state index is -4.75. The van der Waals surface area contributed by atoms with Crippen molar-refractivity contribution in [2.75, 3.05) is 12.1 Å². The molecule has 0 saturated heterocycles. The summed E-state index contributed by atoms with van der Waals surface area (Å²) in [6.45, 7) is 0.157. The zero-order valence-electron chi connectivity index (χ0n) is 14.8. The zero-order valence-corrected chi connectivity index (χ0v) is 14.8. The van der Waals surface area contributed by atoms with Crippen LogP contribution < -0.4 is 19.5 Å². The smallest absolute Gasteiger partial charge is 0.454 e. The number of benzene rings is 2. The summed E-state index contributed by atoms with van der Waals surface area (Å²) in [5, 5.41) is 2.83. The van der Waals surface area contributed by atoms with E-state index in [-0.39, 0.29) is 18.4 Å². The lowest BCUT2D eigenvalue weighted by atomic mass is 9.77. The molecule has 8 heteroatoms. The highest BCUT2D eigenvalue weighted by molar-refractivity contribution is 5.99. The van der Waals surface area contributed by atoms with Crippen LogP contribution in [0.25, 0.3) is 0 Å². The van der Waals surface area contributed by atoms with Gasteiger partial charge in [0.2, 0.25) is 12.7 Å². The Morgan fingerprint density at radius 1 is 1.00 bits per heavy atom. The fraction of sp³-hybridized carbons (Fsp3) is 0.350. The minimum absolute atomic E-state index is 0.157. The molecule has 148 valence electrons. The number of halogens is 3. The van der Waals surface area contributed by atoms with Crippen LogP contribution in [-0.2, 0) is 10.2 Å². The molecule has 28 heavy (non-hydrogen) atoms. The maximum atomic E-state index is 13.2. The van der Waals surface area contributed by atoms with Crippen LogP contribution >= 0.6 is 0 Å². The van der Waals surface area contributed by atoms with E-state index < -0.39 is 11.8 Å². The highest BCUT2D eigenvalue weighted by atomic mass is 19.4. The van der Waals surface area contributed by atoms with Crippen LogP contribution in [0.5, 0.6) is 17.2 Å². The van der Waals surface area contributed by atoms with E-state index in [1.54, 1.807) is 6.07 Å². The Hall–Kier alpha value is -2.90. The van der Waals surface area contributed by atoms with Gasteiger partial charge in [0.25, 0.3) is 0 Å². The highest BCUT2D eigenvalue weighted by Crippen LogP contribution is 2.45. The molecule has 2 aliphatic rings. The van der Waals surface area contributed by atoms with Crippen LogP contribution in [0, 0.1) is 0 Å². The van der Waals surface area contributed by atoms with Crippen molar-refractivity contribution in [3.05, 3.63) is 48.0 Å². The summed E-state index contributed by atoms with van der Waals surface area (Å²) in [6.07, 6.45) is -1.54. The van der Waals surface area contributed by atoms with Crippen molar-refractivity contribution in [3.63, 3.8) is 0 Å². The second kappa shape index (κ2) is 6.92. The van der Waals surface area contributed by atoms with Gasteiger partial charge in [-0.1, -0.05) is 18.9 Å². The highest BCUT2D eigenvalue weighted by Gasteiger charge is 2.43. The van der Waals surface area contributed by atoms with Gasteiger partial charge in [0, 0.05) is 5.69 Å². The molecule has 1 saturated carbocycles. The lowest BCUT2D eigenvalue weighted by molar-refractivity contribution is -0.274. The van der Waals surface area contributed by atoms with Crippen molar-refractivity contribution in [2.24, 2.45) is 0 Å². The first kappa shape index (κ1) is 18.5. The monoisotopic (exact) mass is 393 g/mol.